The van der Waals surface area contributed by atoms with E-state index in [1.807, 2.05) is 22.7 Å². The number of unbranched alkanes of at least 4 members (excludes halogenated alkanes) is 1. The summed E-state index contributed by atoms with van der Waals surface area (Å²) in [4.78, 5) is 23.9. The number of nitrogens with two attached hydrogens (primary N) is 1. The number of rotatable bonds is 7. The number of thiazole rings is 1. The Morgan fingerprint density at radius 3 is 2.71 bits per heavy atom. The largest absolute Gasteiger partial charge is 0.345 e. The summed E-state index contributed by atoms with van der Waals surface area (Å²) in [5, 5.41) is 1.14. The first kappa shape index (κ1) is 19.9. The van der Waals surface area contributed by atoms with Crippen LogP contribution >= 0.6 is 23.1 Å². The molecule has 0 unspecified atom stereocenters. The van der Waals surface area contributed by atoms with Crippen LogP contribution in [0.15, 0.2) is 24.3 Å². The standard InChI is InChI=1S/C20H29N5OS2/c21-16(19(26)25-13-14-27-15-25)5-3-4-8-23-9-11-24(12-10-23)20-22-17-6-1-2-7-18(17)28-20/h1-2,6-7,16H,3-5,8-15,21H2/t16-/m0/s1. The number of benzene rings is 1. The molecule has 2 saturated heterocycles. The van der Waals surface area contributed by atoms with Crippen molar-refractivity contribution in [1.82, 2.24) is 14.8 Å². The minimum atomic E-state index is -0.324. The van der Waals surface area contributed by atoms with Crippen molar-refractivity contribution >= 4 is 44.4 Å². The third kappa shape index (κ3) is 4.79. The van der Waals surface area contributed by atoms with E-state index >= 15 is 0 Å². The Bertz CT molecular complexity index is 751. The van der Waals surface area contributed by atoms with Gasteiger partial charge in [-0.05, 0) is 31.5 Å². The zero-order valence-corrected chi connectivity index (χ0v) is 17.9. The summed E-state index contributed by atoms with van der Waals surface area (Å²) in [5.41, 5.74) is 7.20. The van der Waals surface area contributed by atoms with Crippen LogP contribution in [0.3, 0.4) is 0 Å². The van der Waals surface area contributed by atoms with Crippen LogP contribution in [0.1, 0.15) is 19.3 Å². The second-order valence-corrected chi connectivity index (χ2v) is 9.62. The summed E-state index contributed by atoms with van der Waals surface area (Å²) in [5.74, 6) is 1.99. The van der Waals surface area contributed by atoms with E-state index in [0.717, 1.165) is 80.8 Å². The Kier molecular flexibility index (Phi) is 6.72. The smallest absolute Gasteiger partial charge is 0.240 e. The topological polar surface area (TPSA) is 65.7 Å². The first-order valence-electron chi connectivity index (χ1n) is 10.2. The molecule has 2 aliphatic heterocycles. The Balaban J connectivity index is 1.15. The maximum atomic E-state index is 12.2. The highest BCUT2D eigenvalue weighted by Gasteiger charge is 2.24. The quantitative estimate of drug-likeness (QED) is 0.696. The minimum absolute atomic E-state index is 0.134. The predicted molar refractivity (Wildman–Crippen MR) is 119 cm³/mol. The number of amides is 1. The lowest BCUT2D eigenvalue weighted by Gasteiger charge is -2.34. The Labute approximate surface area is 175 Å². The van der Waals surface area contributed by atoms with E-state index in [1.165, 1.54) is 4.70 Å². The molecular formula is C20H29N5OS2. The fourth-order valence-electron chi connectivity index (χ4n) is 3.80. The molecule has 0 aliphatic carbocycles. The van der Waals surface area contributed by atoms with Crippen molar-refractivity contribution in [3.05, 3.63) is 24.3 Å². The van der Waals surface area contributed by atoms with Gasteiger partial charge in [0, 0.05) is 38.5 Å². The number of aromatic nitrogens is 1. The predicted octanol–water partition coefficient (Wildman–Crippen LogP) is 2.45. The van der Waals surface area contributed by atoms with Crippen molar-refractivity contribution in [2.24, 2.45) is 5.73 Å². The van der Waals surface area contributed by atoms with Crippen molar-refractivity contribution in [3.63, 3.8) is 0 Å². The van der Waals surface area contributed by atoms with Gasteiger partial charge in [0.25, 0.3) is 0 Å². The maximum absolute atomic E-state index is 12.2. The Hall–Kier alpha value is -1.35. The zero-order valence-electron chi connectivity index (χ0n) is 16.3. The number of piperazine rings is 1. The van der Waals surface area contributed by atoms with E-state index in [9.17, 15) is 4.79 Å². The van der Waals surface area contributed by atoms with Gasteiger partial charge in [-0.2, -0.15) is 0 Å². The molecule has 8 heteroatoms. The van der Waals surface area contributed by atoms with Gasteiger partial charge in [0.05, 0.1) is 22.1 Å². The van der Waals surface area contributed by atoms with Gasteiger partial charge in [-0.3, -0.25) is 9.69 Å². The minimum Gasteiger partial charge on any atom is -0.345 e. The highest BCUT2D eigenvalue weighted by Crippen LogP contribution is 2.29. The number of thioether (sulfide) groups is 1. The average molecular weight is 420 g/mol. The van der Waals surface area contributed by atoms with Crippen molar-refractivity contribution in [2.45, 2.75) is 25.3 Å². The molecule has 0 bridgehead atoms. The first-order chi connectivity index (χ1) is 13.7. The normalized spacial score (nSPS) is 19.5. The van der Waals surface area contributed by atoms with Gasteiger partial charge < -0.3 is 15.5 Å². The first-order valence-corrected chi connectivity index (χ1v) is 12.1. The van der Waals surface area contributed by atoms with Gasteiger partial charge in [0.15, 0.2) is 5.13 Å². The van der Waals surface area contributed by atoms with Crippen molar-refractivity contribution in [3.8, 4) is 0 Å². The van der Waals surface area contributed by atoms with Crippen LogP contribution in [0.2, 0.25) is 0 Å². The molecule has 1 aromatic heterocycles. The van der Waals surface area contributed by atoms with Gasteiger partial charge in [-0.1, -0.05) is 29.9 Å². The molecule has 2 aliphatic rings. The molecule has 1 atom stereocenters. The third-order valence-corrected chi connectivity index (χ3v) is 7.61. The number of anilines is 1. The van der Waals surface area contributed by atoms with Crippen LogP contribution in [0.25, 0.3) is 10.2 Å². The van der Waals surface area contributed by atoms with Gasteiger partial charge >= 0.3 is 0 Å². The van der Waals surface area contributed by atoms with Crippen LogP contribution in [0, 0.1) is 0 Å². The lowest BCUT2D eigenvalue weighted by Crippen LogP contribution is -2.46. The number of nitrogens with zero attached hydrogens (tertiary/aromatic N) is 4. The Morgan fingerprint density at radius 2 is 1.96 bits per heavy atom. The van der Waals surface area contributed by atoms with Crippen molar-refractivity contribution < 1.29 is 4.79 Å². The van der Waals surface area contributed by atoms with E-state index in [0.29, 0.717) is 0 Å². The second kappa shape index (κ2) is 9.43. The van der Waals surface area contributed by atoms with Crippen LogP contribution in [0.4, 0.5) is 5.13 Å². The highest BCUT2D eigenvalue weighted by atomic mass is 32.2. The summed E-state index contributed by atoms with van der Waals surface area (Å²) in [6.45, 7) is 6.16. The molecule has 1 aromatic carbocycles. The van der Waals surface area contributed by atoms with Gasteiger partial charge in [0.1, 0.15) is 0 Å². The monoisotopic (exact) mass is 419 g/mol. The Morgan fingerprint density at radius 1 is 1.14 bits per heavy atom. The molecule has 2 N–H and O–H groups in total. The second-order valence-electron chi connectivity index (χ2n) is 7.53. The summed E-state index contributed by atoms with van der Waals surface area (Å²) in [6.07, 6.45) is 2.93. The maximum Gasteiger partial charge on any atom is 0.240 e. The van der Waals surface area contributed by atoms with E-state index in [4.69, 9.17) is 10.7 Å². The van der Waals surface area contributed by atoms with Crippen LogP contribution in [0.5, 0.6) is 0 Å². The molecule has 28 heavy (non-hydrogen) atoms. The highest BCUT2D eigenvalue weighted by molar-refractivity contribution is 7.99. The summed E-state index contributed by atoms with van der Waals surface area (Å²) in [7, 11) is 0. The van der Waals surface area contributed by atoms with Crippen LogP contribution in [-0.4, -0.2) is 77.6 Å². The number of hydrogen-bond donors (Lipinski definition) is 1. The molecule has 1 amide bonds. The number of fused-ring (bicyclic) bond motifs is 1. The molecule has 3 heterocycles. The van der Waals surface area contributed by atoms with E-state index in [2.05, 4.69) is 28.0 Å². The molecule has 152 valence electrons. The molecule has 0 saturated carbocycles. The lowest BCUT2D eigenvalue weighted by atomic mass is 10.1. The van der Waals surface area contributed by atoms with E-state index in [1.54, 1.807) is 11.3 Å². The van der Waals surface area contributed by atoms with E-state index in [-0.39, 0.29) is 11.9 Å². The van der Waals surface area contributed by atoms with Crippen LogP contribution < -0.4 is 10.6 Å². The number of hydrogen-bond acceptors (Lipinski definition) is 7. The average Bonchev–Trinajstić information content (AvgIpc) is 3.40. The molecule has 0 spiro atoms. The van der Waals surface area contributed by atoms with Gasteiger partial charge in [-0.15, -0.1) is 11.8 Å². The van der Waals surface area contributed by atoms with Gasteiger partial charge in [-0.25, -0.2) is 4.98 Å². The van der Waals surface area contributed by atoms with Gasteiger partial charge in [0.2, 0.25) is 5.91 Å². The number of carbonyl (C=O) groups is 1. The molecular weight excluding hydrogens is 390 g/mol. The molecule has 6 nitrogen and oxygen atoms in total. The third-order valence-electron chi connectivity index (χ3n) is 5.55. The molecule has 2 aromatic rings. The fraction of sp³-hybridized carbons (Fsp3) is 0.600. The summed E-state index contributed by atoms with van der Waals surface area (Å²) >= 11 is 3.60. The molecule has 4 rings (SSSR count). The van der Waals surface area contributed by atoms with Crippen molar-refractivity contribution in [2.75, 3.05) is 55.8 Å². The summed E-state index contributed by atoms with van der Waals surface area (Å²) in [6, 6.07) is 8.03. The van der Waals surface area contributed by atoms with E-state index < -0.39 is 0 Å². The number of carbonyl (C=O) groups excluding carboxylic acids is 1. The lowest BCUT2D eigenvalue weighted by molar-refractivity contribution is -0.131. The molecule has 2 fully saturated rings. The molecule has 0 radical (unpaired) electrons. The number of para-hydroxylation sites is 1. The van der Waals surface area contributed by atoms with Crippen molar-refractivity contribution in [1.29, 1.82) is 0 Å². The fourth-order valence-corrected chi connectivity index (χ4v) is 5.78. The SMILES string of the molecule is N[C@@H](CCCCN1CCN(c2nc3ccccc3s2)CC1)C(=O)N1CCSC1. The zero-order chi connectivity index (χ0) is 19.3. The summed E-state index contributed by atoms with van der Waals surface area (Å²) < 4.78 is 1.26. The van der Waals surface area contributed by atoms with Crippen LogP contribution in [-0.2, 0) is 4.79 Å².